The molecule has 0 aromatic heterocycles. The molecule has 1 heterocycles. The lowest BCUT2D eigenvalue weighted by Gasteiger charge is -2.36. The van der Waals surface area contributed by atoms with E-state index in [4.69, 9.17) is 4.74 Å². The van der Waals surface area contributed by atoms with Crippen LogP contribution in [0.4, 0.5) is 18.9 Å². The Hall–Kier alpha value is -1.72. The molecule has 1 aromatic rings. The summed E-state index contributed by atoms with van der Waals surface area (Å²) in [6.07, 6.45) is -4.49. The molecular formula is C15H18F3NO2. The minimum Gasteiger partial charge on any atom is -0.466 e. The van der Waals surface area contributed by atoms with Crippen LogP contribution in [0.3, 0.4) is 0 Å². The molecule has 116 valence electrons. The molecule has 0 fully saturated rings. The first-order chi connectivity index (χ1) is 9.84. The van der Waals surface area contributed by atoms with E-state index in [0.717, 1.165) is 0 Å². The zero-order chi connectivity index (χ0) is 15.6. The molecule has 3 unspecified atom stereocenters. The van der Waals surface area contributed by atoms with Crippen LogP contribution in [0.25, 0.3) is 0 Å². The maximum Gasteiger partial charge on any atom is 0.395 e. The quantitative estimate of drug-likeness (QED) is 0.865. The van der Waals surface area contributed by atoms with Gasteiger partial charge in [0.2, 0.25) is 0 Å². The Morgan fingerprint density at radius 1 is 1.43 bits per heavy atom. The second kappa shape index (κ2) is 5.95. The lowest BCUT2D eigenvalue weighted by atomic mass is 9.82. The number of esters is 1. The standard InChI is InChI=1S/C15H18F3NO2/c1-3-21-14(20)9(2)13-8-11(15(16,17)18)10-6-4-5-7-12(10)19-13/h4-7,9,11,13,19H,3,8H2,1-2H3. The maximum atomic E-state index is 13.3. The van der Waals surface area contributed by atoms with Crippen LogP contribution >= 0.6 is 0 Å². The van der Waals surface area contributed by atoms with Crippen LogP contribution in [0, 0.1) is 5.92 Å². The molecule has 0 radical (unpaired) electrons. The molecule has 0 amide bonds. The van der Waals surface area contributed by atoms with Crippen LogP contribution in [0.5, 0.6) is 0 Å². The summed E-state index contributed by atoms with van der Waals surface area (Å²) in [6.45, 7) is 3.49. The number of halogens is 3. The number of benzene rings is 1. The minimum absolute atomic E-state index is 0.166. The van der Waals surface area contributed by atoms with Crippen molar-refractivity contribution in [2.75, 3.05) is 11.9 Å². The van der Waals surface area contributed by atoms with E-state index in [2.05, 4.69) is 5.32 Å². The van der Waals surface area contributed by atoms with Gasteiger partial charge < -0.3 is 10.1 Å². The van der Waals surface area contributed by atoms with E-state index >= 15 is 0 Å². The Morgan fingerprint density at radius 2 is 2.10 bits per heavy atom. The lowest BCUT2D eigenvalue weighted by molar-refractivity contribution is -0.157. The van der Waals surface area contributed by atoms with Crippen molar-refractivity contribution in [2.24, 2.45) is 5.92 Å². The number of carbonyl (C=O) groups excluding carboxylic acids is 1. The molecule has 3 atom stereocenters. The third-order valence-corrected chi connectivity index (χ3v) is 3.82. The van der Waals surface area contributed by atoms with Crippen LogP contribution in [-0.2, 0) is 9.53 Å². The summed E-state index contributed by atoms with van der Waals surface area (Å²) >= 11 is 0. The van der Waals surface area contributed by atoms with Gasteiger partial charge in [0.05, 0.1) is 18.4 Å². The van der Waals surface area contributed by atoms with Crippen LogP contribution in [0.15, 0.2) is 24.3 Å². The van der Waals surface area contributed by atoms with E-state index < -0.39 is 30.0 Å². The number of para-hydroxylation sites is 1. The third kappa shape index (κ3) is 3.31. The zero-order valence-electron chi connectivity index (χ0n) is 11.9. The van der Waals surface area contributed by atoms with Gasteiger partial charge in [-0.25, -0.2) is 0 Å². The first kappa shape index (κ1) is 15.7. The van der Waals surface area contributed by atoms with Crippen LogP contribution in [0.2, 0.25) is 0 Å². The number of hydrogen-bond donors (Lipinski definition) is 1. The molecule has 1 aliphatic heterocycles. The van der Waals surface area contributed by atoms with Crippen LogP contribution in [-0.4, -0.2) is 24.8 Å². The lowest BCUT2D eigenvalue weighted by Crippen LogP contribution is -2.41. The summed E-state index contributed by atoms with van der Waals surface area (Å²) in [5, 5.41) is 3.04. The van der Waals surface area contributed by atoms with Gasteiger partial charge in [0.25, 0.3) is 0 Å². The number of nitrogens with one attached hydrogen (secondary N) is 1. The number of carbonyl (C=O) groups is 1. The molecule has 1 aromatic carbocycles. The fourth-order valence-electron chi connectivity index (χ4n) is 2.65. The summed E-state index contributed by atoms with van der Waals surface area (Å²) in [5.41, 5.74) is 0.671. The first-order valence-electron chi connectivity index (χ1n) is 6.93. The fourth-order valence-corrected chi connectivity index (χ4v) is 2.65. The number of ether oxygens (including phenoxy) is 1. The highest BCUT2D eigenvalue weighted by atomic mass is 19.4. The largest absolute Gasteiger partial charge is 0.466 e. The molecule has 6 heteroatoms. The second-order valence-corrected chi connectivity index (χ2v) is 5.21. The summed E-state index contributed by atoms with van der Waals surface area (Å²) in [7, 11) is 0. The average molecular weight is 301 g/mol. The van der Waals surface area contributed by atoms with E-state index in [1.54, 1.807) is 32.0 Å². The van der Waals surface area contributed by atoms with Gasteiger partial charge in [0.15, 0.2) is 0 Å². The van der Waals surface area contributed by atoms with Crippen molar-refractivity contribution >= 4 is 11.7 Å². The average Bonchev–Trinajstić information content (AvgIpc) is 2.44. The molecule has 21 heavy (non-hydrogen) atoms. The van der Waals surface area contributed by atoms with Crippen molar-refractivity contribution in [3.05, 3.63) is 29.8 Å². The van der Waals surface area contributed by atoms with Gasteiger partial charge in [-0.2, -0.15) is 13.2 Å². The Morgan fingerprint density at radius 3 is 2.71 bits per heavy atom. The zero-order valence-corrected chi connectivity index (χ0v) is 11.9. The topological polar surface area (TPSA) is 38.3 Å². The molecule has 3 nitrogen and oxygen atoms in total. The molecule has 2 rings (SSSR count). The second-order valence-electron chi connectivity index (χ2n) is 5.21. The smallest absolute Gasteiger partial charge is 0.395 e. The van der Waals surface area contributed by atoms with Gasteiger partial charge in [0, 0.05) is 11.7 Å². The maximum absolute atomic E-state index is 13.3. The van der Waals surface area contributed by atoms with Gasteiger partial charge >= 0.3 is 12.1 Å². The van der Waals surface area contributed by atoms with Gasteiger partial charge in [-0.05, 0) is 31.9 Å². The van der Waals surface area contributed by atoms with Crippen molar-refractivity contribution < 1.29 is 22.7 Å². The SMILES string of the molecule is CCOC(=O)C(C)C1CC(C(F)(F)F)c2ccccc2N1. The first-order valence-corrected chi connectivity index (χ1v) is 6.93. The fraction of sp³-hybridized carbons (Fsp3) is 0.533. The van der Waals surface area contributed by atoms with Crippen molar-refractivity contribution in [1.82, 2.24) is 0 Å². The summed E-state index contributed by atoms with van der Waals surface area (Å²) in [6, 6.07) is 5.76. The highest BCUT2D eigenvalue weighted by molar-refractivity contribution is 5.74. The third-order valence-electron chi connectivity index (χ3n) is 3.82. The van der Waals surface area contributed by atoms with Crippen molar-refractivity contribution in [1.29, 1.82) is 0 Å². The van der Waals surface area contributed by atoms with E-state index in [0.29, 0.717) is 5.69 Å². The molecule has 0 bridgehead atoms. The number of anilines is 1. The van der Waals surface area contributed by atoms with Crippen molar-refractivity contribution in [2.45, 2.75) is 38.4 Å². The van der Waals surface area contributed by atoms with E-state index in [-0.39, 0.29) is 18.6 Å². The number of fused-ring (bicyclic) bond motifs is 1. The van der Waals surface area contributed by atoms with Crippen molar-refractivity contribution in [3.63, 3.8) is 0 Å². The van der Waals surface area contributed by atoms with E-state index in [9.17, 15) is 18.0 Å². The minimum atomic E-state index is -4.33. The number of alkyl halides is 3. The Labute approximate surface area is 121 Å². The van der Waals surface area contributed by atoms with Crippen LogP contribution in [0.1, 0.15) is 31.7 Å². The summed E-state index contributed by atoms with van der Waals surface area (Å²) in [5.74, 6) is -2.67. The molecule has 0 spiro atoms. The molecule has 0 saturated carbocycles. The molecule has 0 aliphatic carbocycles. The van der Waals surface area contributed by atoms with Crippen LogP contribution < -0.4 is 5.32 Å². The van der Waals surface area contributed by atoms with Gasteiger partial charge in [-0.15, -0.1) is 0 Å². The van der Waals surface area contributed by atoms with E-state index in [1.165, 1.54) is 6.07 Å². The monoisotopic (exact) mass is 301 g/mol. The number of hydrogen-bond acceptors (Lipinski definition) is 3. The van der Waals surface area contributed by atoms with Gasteiger partial charge in [-0.3, -0.25) is 4.79 Å². The van der Waals surface area contributed by atoms with Crippen molar-refractivity contribution in [3.8, 4) is 0 Å². The van der Waals surface area contributed by atoms with Gasteiger partial charge in [-0.1, -0.05) is 18.2 Å². The summed E-state index contributed by atoms with van der Waals surface area (Å²) in [4.78, 5) is 11.8. The normalized spacial score (nSPS) is 22.9. The number of rotatable bonds is 3. The molecular weight excluding hydrogens is 283 g/mol. The molecule has 0 saturated heterocycles. The molecule has 1 aliphatic rings. The van der Waals surface area contributed by atoms with E-state index in [1.807, 2.05) is 0 Å². The Kier molecular flexibility index (Phi) is 4.44. The highest BCUT2D eigenvalue weighted by Crippen LogP contribution is 2.45. The van der Waals surface area contributed by atoms with Gasteiger partial charge in [0.1, 0.15) is 0 Å². The highest BCUT2D eigenvalue weighted by Gasteiger charge is 2.46. The Bertz CT molecular complexity index is 516. The predicted molar refractivity (Wildman–Crippen MR) is 73.1 cm³/mol. The summed E-state index contributed by atoms with van der Waals surface area (Å²) < 4.78 is 44.7. The Balaban J connectivity index is 2.28. The molecule has 1 N–H and O–H groups in total. The predicted octanol–water partition coefficient (Wildman–Crippen LogP) is 3.72.